The number of aliphatic hydroxyl groups excluding tert-OH is 3. The second-order valence-electron chi connectivity index (χ2n) is 10.3. The topological polar surface area (TPSA) is 96.2 Å². The van der Waals surface area contributed by atoms with E-state index in [0.717, 1.165) is 28.7 Å². The third-order valence-corrected chi connectivity index (χ3v) is 8.25. The van der Waals surface area contributed by atoms with E-state index in [2.05, 4.69) is 0 Å². The van der Waals surface area contributed by atoms with E-state index in [9.17, 15) is 20.1 Å². The van der Waals surface area contributed by atoms with Crippen LogP contribution in [0.3, 0.4) is 0 Å². The van der Waals surface area contributed by atoms with E-state index in [1.54, 1.807) is 12.1 Å². The summed E-state index contributed by atoms with van der Waals surface area (Å²) >= 11 is 6.54. The molecule has 0 radical (unpaired) electrons. The van der Waals surface area contributed by atoms with Gasteiger partial charge >= 0.3 is 0 Å². The van der Waals surface area contributed by atoms with E-state index in [1.807, 2.05) is 37.3 Å². The van der Waals surface area contributed by atoms with E-state index >= 15 is 0 Å². The average Bonchev–Trinajstić information content (AvgIpc) is 3.47. The lowest BCUT2D eigenvalue weighted by Crippen LogP contribution is -2.61. The summed E-state index contributed by atoms with van der Waals surface area (Å²) < 4.78 is 12.2. The Balaban J connectivity index is 1.37. The summed E-state index contributed by atoms with van der Waals surface area (Å²) in [5, 5.41) is 31.6. The van der Waals surface area contributed by atoms with Crippen LogP contribution in [-0.4, -0.2) is 52.1 Å². The van der Waals surface area contributed by atoms with Crippen LogP contribution in [0.5, 0.6) is 5.75 Å². The van der Waals surface area contributed by atoms with Gasteiger partial charge in [-0.25, -0.2) is 0 Å². The van der Waals surface area contributed by atoms with Gasteiger partial charge in [0, 0.05) is 5.02 Å². The summed E-state index contributed by atoms with van der Waals surface area (Å²) in [5.74, 6) is 1.93. The molecule has 2 aromatic carbocycles. The van der Waals surface area contributed by atoms with Gasteiger partial charge < -0.3 is 24.8 Å². The number of rotatable bonds is 8. The lowest BCUT2D eigenvalue weighted by Gasteiger charge is -2.46. The van der Waals surface area contributed by atoms with E-state index < -0.39 is 36.3 Å². The Morgan fingerprint density at radius 2 is 1.80 bits per heavy atom. The summed E-state index contributed by atoms with van der Waals surface area (Å²) in [6.07, 6.45) is 1.31. The Hall–Kier alpha value is -1.96. The molecule has 7 atom stereocenters. The number of benzene rings is 2. The normalized spacial score (nSPS) is 34.0. The number of halogens is 1. The van der Waals surface area contributed by atoms with Gasteiger partial charge in [-0.3, -0.25) is 4.79 Å². The maximum atomic E-state index is 12.3. The van der Waals surface area contributed by atoms with Crippen LogP contribution >= 0.6 is 11.6 Å². The van der Waals surface area contributed by atoms with Crippen LogP contribution < -0.4 is 4.74 Å². The molecule has 7 heteroatoms. The van der Waals surface area contributed by atoms with Gasteiger partial charge in [-0.1, -0.05) is 49.2 Å². The van der Waals surface area contributed by atoms with Gasteiger partial charge in [0.1, 0.15) is 29.7 Å². The molecular weight excluding hydrogens is 468 g/mol. The van der Waals surface area contributed by atoms with Gasteiger partial charge in [0.15, 0.2) is 5.78 Å². The number of fused-ring (bicyclic) bond motifs is 1. The molecule has 3 unspecified atom stereocenters. The van der Waals surface area contributed by atoms with Crippen molar-refractivity contribution in [3.8, 4) is 5.75 Å². The Morgan fingerprint density at radius 1 is 1.09 bits per heavy atom. The minimum Gasteiger partial charge on any atom is -0.490 e. The highest BCUT2D eigenvalue weighted by atomic mass is 35.5. The smallest absolute Gasteiger partial charge is 0.195 e. The summed E-state index contributed by atoms with van der Waals surface area (Å²) in [5.41, 5.74) is 1.20. The minimum atomic E-state index is -1.63. The molecule has 1 saturated heterocycles. The first-order valence-corrected chi connectivity index (χ1v) is 13.0. The Labute approximate surface area is 210 Å². The van der Waals surface area contributed by atoms with Crippen LogP contribution in [0, 0.1) is 11.8 Å². The SMILES string of the molecule is CCCC1(c2ccc(Cl)c(Cc3ccc(OC4C[C@@H]5C[C@@H]5C4)cc3)c2)OC(CO)C(=O)[C@H](O)[C@H]1O. The Morgan fingerprint density at radius 3 is 2.46 bits per heavy atom. The van der Waals surface area contributed by atoms with E-state index in [0.29, 0.717) is 36.0 Å². The lowest BCUT2D eigenvalue weighted by molar-refractivity contribution is -0.231. The molecule has 5 rings (SSSR count). The summed E-state index contributed by atoms with van der Waals surface area (Å²) in [6, 6.07) is 13.4. The summed E-state index contributed by atoms with van der Waals surface area (Å²) in [7, 11) is 0. The lowest BCUT2D eigenvalue weighted by atomic mass is 9.77. The molecule has 0 spiro atoms. The second-order valence-corrected chi connectivity index (χ2v) is 10.7. The highest BCUT2D eigenvalue weighted by Gasteiger charge is 2.53. The molecular formula is C28H33ClO6. The molecule has 0 amide bonds. The molecule has 2 saturated carbocycles. The van der Waals surface area contributed by atoms with Crippen LogP contribution in [0.25, 0.3) is 0 Å². The molecule has 1 aliphatic heterocycles. The molecule has 188 valence electrons. The van der Waals surface area contributed by atoms with Crippen LogP contribution in [0.1, 0.15) is 55.7 Å². The first-order valence-electron chi connectivity index (χ1n) is 12.6. The van der Waals surface area contributed by atoms with Crippen molar-refractivity contribution < 1.29 is 29.6 Å². The number of carbonyl (C=O) groups is 1. The molecule has 3 N–H and O–H groups in total. The third kappa shape index (κ3) is 4.75. The number of hydrogen-bond acceptors (Lipinski definition) is 6. The predicted molar refractivity (Wildman–Crippen MR) is 132 cm³/mol. The fraction of sp³-hybridized carbons (Fsp3) is 0.536. The molecule has 35 heavy (non-hydrogen) atoms. The first-order chi connectivity index (χ1) is 16.8. The molecule has 3 fully saturated rings. The van der Waals surface area contributed by atoms with Crippen LogP contribution in [-0.2, 0) is 21.6 Å². The molecule has 2 aromatic rings. The molecule has 3 aliphatic rings. The van der Waals surface area contributed by atoms with Crippen molar-refractivity contribution in [1.82, 2.24) is 0 Å². The first kappa shape index (κ1) is 24.7. The second kappa shape index (κ2) is 9.83. The zero-order chi connectivity index (χ0) is 24.7. The van der Waals surface area contributed by atoms with Crippen molar-refractivity contribution in [3.63, 3.8) is 0 Å². The van der Waals surface area contributed by atoms with Gasteiger partial charge in [0.25, 0.3) is 0 Å². The van der Waals surface area contributed by atoms with Gasteiger partial charge in [-0.05, 0) is 78.8 Å². The zero-order valence-electron chi connectivity index (χ0n) is 19.9. The van der Waals surface area contributed by atoms with Crippen molar-refractivity contribution in [3.05, 3.63) is 64.2 Å². The van der Waals surface area contributed by atoms with Crippen molar-refractivity contribution in [1.29, 1.82) is 0 Å². The highest BCUT2D eigenvalue weighted by Crippen LogP contribution is 2.52. The molecule has 0 bridgehead atoms. The quantitative estimate of drug-likeness (QED) is 0.510. The Bertz CT molecular complexity index is 1060. The van der Waals surface area contributed by atoms with Gasteiger partial charge in [-0.15, -0.1) is 0 Å². The highest BCUT2D eigenvalue weighted by molar-refractivity contribution is 6.31. The maximum absolute atomic E-state index is 12.3. The molecule has 1 heterocycles. The van der Waals surface area contributed by atoms with Crippen molar-refractivity contribution >= 4 is 17.4 Å². The van der Waals surface area contributed by atoms with Gasteiger partial charge in [0.05, 0.1) is 12.7 Å². The summed E-state index contributed by atoms with van der Waals surface area (Å²) in [6.45, 7) is 1.37. The van der Waals surface area contributed by atoms with Crippen molar-refractivity contribution in [2.75, 3.05) is 6.61 Å². The monoisotopic (exact) mass is 500 g/mol. The molecule has 0 aromatic heterocycles. The maximum Gasteiger partial charge on any atom is 0.195 e. The van der Waals surface area contributed by atoms with E-state index in [-0.39, 0.29) is 0 Å². The number of Topliss-reactive ketones (excluding diaryl/α,β-unsaturated/α-hetero) is 1. The van der Waals surface area contributed by atoms with Crippen LogP contribution in [0.2, 0.25) is 5.02 Å². The zero-order valence-corrected chi connectivity index (χ0v) is 20.7. The minimum absolute atomic E-state index is 0.331. The fourth-order valence-corrected chi connectivity index (χ4v) is 6.08. The largest absolute Gasteiger partial charge is 0.490 e. The number of hydrogen-bond donors (Lipinski definition) is 3. The van der Waals surface area contributed by atoms with Crippen molar-refractivity contribution in [2.45, 2.75) is 75.5 Å². The predicted octanol–water partition coefficient (Wildman–Crippen LogP) is 3.79. The molecule has 6 nitrogen and oxygen atoms in total. The Kier molecular flexibility index (Phi) is 6.94. The molecule has 2 aliphatic carbocycles. The number of carbonyl (C=O) groups excluding carboxylic acids is 1. The third-order valence-electron chi connectivity index (χ3n) is 7.88. The standard InChI is InChI=1S/C28H33ClO6/c1-2-9-28(27(33)26(32)25(31)24(15-30)35-28)20-5-8-23(29)19(12-20)10-16-3-6-21(7-4-16)34-22-13-17-11-18(17)14-22/h3-8,12,17-18,22,24,26-27,30,32-33H,2,9-11,13-15H2,1H3/t17-,18+,22?,24?,26-,27+,28?/m0/s1. The van der Waals surface area contributed by atoms with Gasteiger partial charge in [0.2, 0.25) is 0 Å². The van der Waals surface area contributed by atoms with E-state index in [4.69, 9.17) is 21.1 Å². The number of ether oxygens (including phenoxy) is 2. The van der Waals surface area contributed by atoms with Gasteiger partial charge in [-0.2, -0.15) is 0 Å². The van der Waals surface area contributed by atoms with E-state index in [1.165, 1.54) is 19.3 Å². The van der Waals surface area contributed by atoms with Crippen molar-refractivity contribution in [2.24, 2.45) is 11.8 Å². The fourth-order valence-electron chi connectivity index (χ4n) is 5.90. The summed E-state index contributed by atoms with van der Waals surface area (Å²) in [4.78, 5) is 12.3. The average molecular weight is 501 g/mol. The van der Waals surface area contributed by atoms with Crippen LogP contribution in [0.15, 0.2) is 42.5 Å². The number of ketones is 1. The van der Waals surface area contributed by atoms with Crippen LogP contribution in [0.4, 0.5) is 0 Å². The number of aliphatic hydroxyl groups is 3.